The molecule has 0 heterocycles. The Kier molecular flexibility index (Phi) is 3.96. The molecule has 0 unspecified atom stereocenters. The average Bonchev–Trinajstić information content (AvgIpc) is 2.11. The standard InChI is InChI=1S/C11H15FOS/c1-4-14-11-5-7(2)10(12)6-9(11)8(3)13/h5-6,8,13H,4H2,1-3H3/t8-/m0/s1. The maximum Gasteiger partial charge on any atom is 0.126 e. The second-order valence-electron chi connectivity index (χ2n) is 3.25. The number of rotatable bonds is 3. The second-order valence-corrected chi connectivity index (χ2v) is 4.55. The average molecular weight is 214 g/mol. The van der Waals surface area contributed by atoms with Crippen molar-refractivity contribution in [1.82, 2.24) is 0 Å². The van der Waals surface area contributed by atoms with Crippen LogP contribution in [0, 0.1) is 12.7 Å². The highest BCUT2D eigenvalue weighted by Gasteiger charge is 2.11. The van der Waals surface area contributed by atoms with E-state index in [-0.39, 0.29) is 5.82 Å². The quantitative estimate of drug-likeness (QED) is 0.779. The molecule has 0 spiro atoms. The first-order valence-electron chi connectivity index (χ1n) is 4.67. The van der Waals surface area contributed by atoms with Crippen molar-refractivity contribution in [2.24, 2.45) is 0 Å². The van der Waals surface area contributed by atoms with E-state index in [1.165, 1.54) is 6.07 Å². The van der Waals surface area contributed by atoms with Crippen LogP contribution >= 0.6 is 11.8 Å². The van der Waals surface area contributed by atoms with Gasteiger partial charge in [0.15, 0.2) is 0 Å². The van der Waals surface area contributed by atoms with Gasteiger partial charge in [-0.3, -0.25) is 0 Å². The van der Waals surface area contributed by atoms with Crippen molar-refractivity contribution < 1.29 is 9.50 Å². The minimum Gasteiger partial charge on any atom is -0.389 e. The van der Waals surface area contributed by atoms with E-state index in [9.17, 15) is 9.50 Å². The lowest BCUT2D eigenvalue weighted by atomic mass is 10.1. The molecule has 0 radical (unpaired) electrons. The Morgan fingerprint density at radius 3 is 2.64 bits per heavy atom. The minimum absolute atomic E-state index is 0.249. The number of aryl methyl sites for hydroxylation is 1. The molecule has 0 saturated carbocycles. The molecule has 0 fully saturated rings. The van der Waals surface area contributed by atoms with E-state index in [4.69, 9.17) is 0 Å². The van der Waals surface area contributed by atoms with Gasteiger partial charge >= 0.3 is 0 Å². The van der Waals surface area contributed by atoms with Crippen molar-refractivity contribution in [2.45, 2.75) is 31.8 Å². The summed E-state index contributed by atoms with van der Waals surface area (Å²) < 4.78 is 13.2. The SMILES string of the molecule is CCSc1cc(C)c(F)cc1[C@H](C)O. The van der Waals surface area contributed by atoms with Crippen LogP contribution in [0.25, 0.3) is 0 Å². The molecule has 0 aliphatic rings. The topological polar surface area (TPSA) is 20.2 Å². The molecule has 1 rings (SSSR count). The molecule has 3 heteroatoms. The van der Waals surface area contributed by atoms with Gasteiger partial charge in [-0.2, -0.15) is 0 Å². The lowest BCUT2D eigenvalue weighted by Gasteiger charge is -2.12. The third-order valence-electron chi connectivity index (χ3n) is 2.04. The molecule has 14 heavy (non-hydrogen) atoms. The summed E-state index contributed by atoms with van der Waals surface area (Å²) in [5, 5.41) is 9.47. The first-order chi connectivity index (χ1) is 6.56. The predicted octanol–water partition coefficient (Wildman–Crippen LogP) is 3.30. The molecular formula is C11H15FOS. The van der Waals surface area contributed by atoms with Crippen LogP contribution in [0.1, 0.15) is 31.1 Å². The molecular weight excluding hydrogens is 199 g/mol. The number of aliphatic hydroxyl groups is 1. The van der Waals surface area contributed by atoms with E-state index < -0.39 is 6.10 Å². The van der Waals surface area contributed by atoms with Crippen LogP contribution in [0.2, 0.25) is 0 Å². The van der Waals surface area contributed by atoms with Gasteiger partial charge in [0, 0.05) is 4.90 Å². The molecule has 1 aromatic rings. The van der Waals surface area contributed by atoms with Gasteiger partial charge in [0.2, 0.25) is 0 Å². The predicted molar refractivity (Wildman–Crippen MR) is 58.2 cm³/mol. The summed E-state index contributed by atoms with van der Waals surface area (Å²) in [4.78, 5) is 0.974. The van der Waals surface area contributed by atoms with Crippen molar-refractivity contribution in [1.29, 1.82) is 0 Å². The van der Waals surface area contributed by atoms with Crippen molar-refractivity contribution in [3.05, 3.63) is 29.1 Å². The molecule has 1 nitrogen and oxygen atoms in total. The molecule has 0 aromatic heterocycles. The van der Waals surface area contributed by atoms with E-state index in [1.54, 1.807) is 31.7 Å². The van der Waals surface area contributed by atoms with E-state index >= 15 is 0 Å². The van der Waals surface area contributed by atoms with Crippen LogP contribution in [0.5, 0.6) is 0 Å². The highest BCUT2D eigenvalue weighted by atomic mass is 32.2. The van der Waals surface area contributed by atoms with Crippen molar-refractivity contribution in [2.75, 3.05) is 5.75 Å². The van der Waals surface area contributed by atoms with E-state index in [1.807, 2.05) is 6.92 Å². The number of hydrogen-bond donors (Lipinski definition) is 1. The highest BCUT2D eigenvalue weighted by molar-refractivity contribution is 7.99. The summed E-state index contributed by atoms with van der Waals surface area (Å²) in [7, 11) is 0. The van der Waals surface area contributed by atoms with Crippen molar-refractivity contribution in [3.8, 4) is 0 Å². The zero-order valence-corrected chi connectivity index (χ0v) is 9.49. The Hall–Kier alpha value is -0.540. The monoisotopic (exact) mass is 214 g/mol. The molecule has 0 bridgehead atoms. The van der Waals surface area contributed by atoms with Crippen LogP contribution in [0.15, 0.2) is 17.0 Å². The van der Waals surface area contributed by atoms with E-state index in [0.717, 1.165) is 10.6 Å². The molecule has 1 atom stereocenters. The third kappa shape index (κ3) is 2.49. The fourth-order valence-electron chi connectivity index (χ4n) is 1.28. The molecule has 0 amide bonds. The van der Waals surface area contributed by atoms with Gasteiger partial charge < -0.3 is 5.11 Å². The maximum absolute atomic E-state index is 13.2. The zero-order chi connectivity index (χ0) is 10.7. The van der Waals surface area contributed by atoms with Gasteiger partial charge in [0.05, 0.1) is 6.10 Å². The van der Waals surface area contributed by atoms with Crippen molar-refractivity contribution in [3.63, 3.8) is 0 Å². The van der Waals surface area contributed by atoms with Gasteiger partial charge in [0.1, 0.15) is 5.82 Å². The summed E-state index contributed by atoms with van der Waals surface area (Å²) in [6, 6.07) is 3.23. The van der Waals surface area contributed by atoms with Gasteiger partial charge in [-0.1, -0.05) is 6.92 Å². The smallest absolute Gasteiger partial charge is 0.126 e. The van der Waals surface area contributed by atoms with Crippen molar-refractivity contribution >= 4 is 11.8 Å². The Labute approximate surface area is 88.3 Å². The number of aliphatic hydroxyl groups excluding tert-OH is 1. The highest BCUT2D eigenvalue weighted by Crippen LogP contribution is 2.29. The fraction of sp³-hybridized carbons (Fsp3) is 0.455. The zero-order valence-electron chi connectivity index (χ0n) is 8.67. The minimum atomic E-state index is -0.612. The van der Waals surface area contributed by atoms with Crippen LogP contribution < -0.4 is 0 Å². The van der Waals surface area contributed by atoms with Gasteiger partial charge in [-0.25, -0.2) is 4.39 Å². The first kappa shape index (κ1) is 11.5. The Balaban J connectivity index is 3.17. The summed E-state index contributed by atoms with van der Waals surface area (Å²) in [5.41, 5.74) is 1.31. The molecule has 0 aliphatic carbocycles. The molecule has 0 aliphatic heterocycles. The largest absolute Gasteiger partial charge is 0.389 e. The Morgan fingerprint density at radius 1 is 1.50 bits per heavy atom. The summed E-state index contributed by atoms with van der Waals surface area (Å²) in [5.74, 6) is 0.673. The van der Waals surface area contributed by atoms with Gasteiger partial charge in [0.25, 0.3) is 0 Å². The number of halogens is 1. The Morgan fingerprint density at radius 2 is 2.14 bits per heavy atom. The number of hydrogen-bond acceptors (Lipinski definition) is 2. The normalized spacial score (nSPS) is 12.9. The third-order valence-corrected chi connectivity index (χ3v) is 2.99. The summed E-state index contributed by atoms with van der Waals surface area (Å²) in [6.07, 6.45) is -0.612. The molecule has 78 valence electrons. The fourth-order valence-corrected chi connectivity index (χ4v) is 2.24. The van der Waals surface area contributed by atoms with Crippen LogP contribution in [0.4, 0.5) is 4.39 Å². The maximum atomic E-state index is 13.2. The molecule has 1 aromatic carbocycles. The summed E-state index contributed by atoms with van der Waals surface area (Å²) >= 11 is 1.63. The van der Waals surface area contributed by atoms with Crippen LogP contribution in [-0.4, -0.2) is 10.9 Å². The first-order valence-corrected chi connectivity index (χ1v) is 5.65. The van der Waals surface area contributed by atoms with Gasteiger partial charge in [-0.15, -0.1) is 11.8 Å². The van der Waals surface area contributed by atoms with E-state index in [0.29, 0.717) is 11.1 Å². The lowest BCUT2D eigenvalue weighted by molar-refractivity contribution is 0.196. The van der Waals surface area contributed by atoms with Crippen LogP contribution in [-0.2, 0) is 0 Å². The molecule has 0 saturated heterocycles. The molecule has 1 N–H and O–H groups in total. The number of benzene rings is 1. The van der Waals surface area contributed by atoms with E-state index in [2.05, 4.69) is 0 Å². The number of thioether (sulfide) groups is 1. The second kappa shape index (κ2) is 4.80. The van der Waals surface area contributed by atoms with Crippen LogP contribution in [0.3, 0.4) is 0 Å². The summed E-state index contributed by atoms with van der Waals surface area (Å²) in [6.45, 7) is 5.43. The van der Waals surface area contributed by atoms with Gasteiger partial charge in [-0.05, 0) is 42.9 Å². The Bertz CT molecular complexity index is 323. The lowest BCUT2D eigenvalue weighted by Crippen LogP contribution is -1.97.